The number of ether oxygens (including phenoxy) is 1. The molecule has 22 heavy (non-hydrogen) atoms. The summed E-state index contributed by atoms with van der Waals surface area (Å²) in [5, 5.41) is 0.634. The quantitative estimate of drug-likeness (QED) is 0.858. The second-order valence-electron chi connectivity index (χ2n) is 5.23. The molecular weight excluding hydrogens is 304 g/mol. The molecule has 120 valence electrons. The smallest absolute Gasteiger partial charge is 0.409 e. The van der Waals surface area contributed by atoms with Gasteiger partial charge in [-0.3, -0.25) is 4.79 Å². The van der Waals surface area contributed by atoms with Crippen LogP contribution in [0, 0.1) is 0 Å². The Morgan fingerprint density at radius 1 is 1.18 bits per heavy atom. The average molecular weight is 325 g/mol. The fraction of sp³-hybridized carbons (Fsp3) is 0.500. The minimum atomic E-state index is -0.299. The third kappa shape index (κ3) is 4.63. The number of rotatable bonds is 3. The van der Waals surface area contributed by atoms with Gasteiger partial charge in [-0.25, -0.2) is 4.79 Å². The van der Waals surface area contributed by atoms with Crippen molar-refractivity contribution < 1.29 is 14.3 Å². The first kappa shape index (κ1) is 16.6. The molecule has 0 unspecified atom stereocenters. The Bertz CT molecular complexity index is 536. The molecule has 2 rings (SSSR count). The van der Waals surface area contributed by atoms with Gasteiger partial charge in [-0.15, -0.1) is 0 Å². The molecule has 0 aliphatic carbocycles. The first-order chi connectivity index (χ1) is 10.6. The van der Waals surface area contributed by atoms with Crippen LogP contribution in [0.15, 0.2) is 24.3 Å². The fourth-order valence-corrected chi connectivity index (χ4v) is 2.71. The highest BCUT2D eigenvalue weighted by molar-refractivity contribution is 6.30. The summed E-state index contributed by atoms with van der Waals surface area (Å²) in [7, 11) is 0. The highest BCUT2D eigenvalue weighted by Crippen LogP contribution is 2.13. The maximum atomic E-state index is 12.4. The van der Waals surface area contributed by atoms with Gasteiger partial charge in [-0.1, -0.05) is 23.7 Å². The van der Waals surface area contributed by atoms with E-state index >= 15 is 0 Å². The van der Waals surface area contributed by atoms with E-state index in [0.717, 1.165) is 12.0 Å². The molecule has 0 atom stereocenters. The van der Waals surface area contributed by atoms with Crippen LogP contribution in [0.4, 0.5) is 4.79 Å². The highest BCUT2D eigenvalue weighted by atomic mass is 35.5. The lowest BCUT2D eigenvalue weighted by Gasteiger charge is -2.21. The summed E-state index contributed by atoms with van der Waals surface area (Å²) >= 11 is 5.94. The van der Waals surface area contributed by atoms with Crippen LogP contribution in [-0.2, 0) is 16.0 Å². The summed E-state index contributed by atoms with van der Waals surface area (Å²) in [6.45, 7) is 4.50. The number of carbonyl (C=O) groups is 2. The highest BCUT2D eigenvalue weighted by Gasteiger charge is 2.22. The van der Waals surface area contributed by atoms with Crippen molar-refractivity contribution in [1.29, 1.82) is 0 Å². The van der Waals surface area contributed by atoms with Crippen LogP contribution < -0.4 is 0 Å². The third-order valence-corrected chi connectivity index (χ3v) is 3.85. The van der Waals surface area contributed by atoms with Gasteiger partial charge in [0.2, 0.25) is 5.91 Å². The molecule has 0 spiro atoms. The largest absolute Gasteiger partial charge is 0.450 e. The summed E-state index contributed by atoms with van der Waals surface area (Å²) in [6.07, 6.45) is 0.798. The van der Waals surface area contributed by atoms with Crippen molar-refractivity contribution in [3.63, 3.8) is 0 Å². The summed E-state index contributed by atoms with van der Waals surface area (Å²) in [4.78, 5) is 27.6. The van der Waals surface area contributed by atoms with E-state index in [4.69, 9.17) is 16.3 Å². The Morgan fingerprint density at radius 2 is 1.91 bits per heavy atom. The number of hydrogen-bond acceptors (Lipinski definition) is 3. The average Bonchev–Trinajstić information content (AvgIpc) is 2.73. The van der Waals surface area contributed by atoms with Gasteiger partial charge in [0.25, 0.3) is 0 Å². The summed E-state index contributed by atoms with van der Waals surface area (Å²) in [6, 6.07) is 7.34. The van der Waals surface area contributed by atoms with Crippen LogP contribution in [0.1, 0.15) is 18.9 Å². The Balaban J connectivity index is 1.90. The van der Waals surface area contributed by atoms with Gasteiger partial charge in [0.15, 0.2) is 0 Å². The minimum absolute atomic E-state index is 0.0629. The molecule has 5 nitrogen and oxygen atoms in total. The number of halogens is 1. The van der Waals surface area contributed by atoms with Gasteiger partial charge in [-0.05, 0) is 31.0 Å². The Labute approximate surface area is 135 Å². The molecule has 1 fully saturated rings. The first-order valence-corrected chi connectivity index (χ1v) is 7.92. The van der Waals surface area contributed by atoms with E-state index < -0.39 is 0 Å². The van der Waals surface area contributed by atoms with Crippen LogP contribution in [0.5, 0.6) is 0 Å². The first-order valence-electron chi connectivity index (χ1n) is 7.54. The number of carbonyl (C=O) groups excluding carboxylic acids is 2. The lowest BCUT2D eigenvalue weighted by molar-refractivity contribution is -0.130. The monoisotopic (exact) mass is 324 g/mol. The summed E-state index contributed by atoms with van der Waals surface area (Å²) < 4.78 is 5.01. The summed E-state index contributed by atoms with van der Waals surface area (Å²) in [5.74, 6) is 0.0629. The van der Waals surface area contributed by atoms with Gasteiger partial charge in [0.05, 0.1) is 13.0 Å². The molecule has 1 aliphatic heterocycles. The van der Waals surface area contributed by atoms with Gasteiger partial charge in [-0.2, -0.15) is 0 Å². The number of benzene rings is 1. The molecule has 0 bridgehead atoms. The molecule has 0 radical (unpaired) electrons. The van der Waals surface area contributed by atoms with E-state index in [2.05, 4.69) is 0 Å². The zero-order valence-electron chi connectivity index (χ0n) is 12.8. The van der Waals surface area contributed by atoms with Crippen molar-refractivity contribution in [3.05, 3.63) is 34.9 Å². The lowest BCUT2D eigenvalue weighted by atomic mass is 10.1. The van der Waals surface area contributed by atoms with Crippen LogP contribution >= 0.6 is 11.6 Å². The molecule has 2 amide bonds. The molecule has 0 saturated carbocycles. The van der Waals surface area contributed by atoms with Gasteiger partial charge < -0.3 is 14.5 Å². The van der Waals surface area contributed by atoms with Gasteiger partial charge in [0, 0.05) is 31.2 Å². The molecular formula is C16H21ClN2O3. The molecule has 1 heterocycles. The van der Waals surface area contributed by atoms with Gasteiger partial charge in [0.1, 0.15) is 0 Å². The Kier molecular flexibility index (Phi) is 6.07. The van der Waals surface area contributed by atoms with Crippen molar-refractivity contribution >= 4 is 23.6 Å². The second-order valence-corrected chi connectivity index (χ2v) is 5.66. The Morgan fingerprint density at radius 3 is 2.64 bits per heavy atom. The van der Waals surface area contributed by atoms with E-state index in [-0.39, 0.29) is 12.0 Å². The normalized spacial score (nSPS) is 15.4. The maximum Gasteiger partial charge on any atom is 0.409 e. The van der Waals surface area contributed by atoms with Gasteiger partial charge >= 0.3 is 6.09 Å². The number of hydrogen-bond donors (Lipinski definition) is 0. The molecule has 1 aliphatic rings. The van der Waals surface area contributed by atoms with Crippen molar-refractivity contribution in [2.45, 2.75) is 19.8 Å². The SMILES string of the molecule is CCOC(=O)N1CCCN(C(=O)Cc2cccc(Cl)c2)CC1. The van der Waals surface area contributed by atoms with E-state index in [0.29, 0.717) is 44.2 Å². The number of amides is 2. The van der Waals surface area contributed by atoms with Crippen LogP contribution in [0.2, 0.25) is 5.02 Å². The standard InChI is InChI=1S/C16H21ClN2O3/c1-2-22-16(21)19-8-4-7-18(9-10-19)15(20)12-13-5-3-6-14(17)11-13/h3,5-6,11H,2,4,7-10,12H2,1H3. The van der Waals surface area contributed by atoms with Crippen molar-refractivity contribution in [1.82, 2.24) is 9.80 Å². The maximum absolute atomic E-state index is 12.4. The van der Waals surface area contributed by atoms with Crippen LogP contribution in [0.25, 0.3) is 0 Å². The molecule has 6 heteroatoms. The minimum Gasteiger partial charge on any atom is -0.450 e. The Hall–Kier alpha value is -1.75. The van der Waals surface area contributed by atoms with Crippen molar-refractivity contribution in [2.75, 3.05) is 32.8 Å². The molecule has 0 aromatic heterocycles. The molecule has 0 N–H and O–H groups in total. The zero-order chi connectivity index (χ0) is 15.9. The molecule has 1 saturated heterocycles. The topological polar surface area (TPSA) is 49.9 Å². The third-order valence-electron chi connectivity index (χ3n) is 3.62. The van der Waals surface area contributed by atoms with Crippen molar-refractivity contribution in [3.8, 4) is 0 Å². The van der Waals surface area contributed by atoms with Crippen LogP contribution in [0.3, 0.4) is 0 Å². The number of nitrogens with zero attached hydrogens (tertiary/aromatic N) is 2. The fourth-order valence-electron chi connectivity index (χ4n) is 2.50. The lowest BCUT2D eigenvalue weighted by Crippen LogP contribution is -2.38. The molecule has 1 aromatic carbocycles. The predicted octanol–water partition coefficient (Wildman–Crippen LogP) is 2.57. The van der Waals surface area contributed by atoms with E-state index in [9.17, 15) is 9.59 Å². The van der Waals surface area contributed by atoms with E-state index in [1.807, 2.05) is 18.2 Å². The predicted molar refractivity (Wildman–Crippen MR) is 84.9 cm³/mol. The zero-order valence-corrected chi connectivity index (χ0v) is 13.5. The second kappa shape index (κ2) is 8.03. The van der Waals surface area contributed by atoms with Crippen LogP contribution in [-0.4, -0.2) is 54.6 Å². The molecule has 1 aromatic rings. The van der Waals surface area contributed by atoms with E-state index in [1.165, 1.54) is 0 Å². The summed E-state index contributed by atoms with van der Waals surface area (Å²) in [5.41, 5.74) is 0.906. The van der Waals surface area contributed by atoms with Crippen molar-refractivity contribution in [2.24, 2.45) is 0 Å². The van der Waals surface area contributed by atoms with E-state index in [1.54, 1.807) is 22.8 Å².